The number of halogens is 2. The van der Waals surface area contributed by atoms with Crippen LogP contribution in [0.15, 0.2) is 6.20 Å². The summed E-state index contributed by atoms with van der Waals surface area (Å²) >= 11 is 1.25. The first-order valence-electron chi connectivity index (χ1n) is 3.42. The van der Waals surface area contributed by atoms with Crippen LogP contribution in [0.5, 0.6) is 0 Å². The van der Waals surface area contributed by atoms with E-state index in [-0.39, 0.29) is 13.0 Å². The van der Waals surface area contributed by atoms with E-state index >= 15 is 0 Å². The van der Waals surface area contributed by atoms with E-state index in [2.05, 4.69) is 10.3 Å². The Morgan fingerprint density at radius 3 is 2.92 bits per heavy atom. The molecule has 0 saturated carbocycles. The second-order valence-electron chi connectivity index (χ2n) is 2.17. The van der Waals surface area contributed by atoms with Gasteiger partial charge in [-0.15, -0.1) is 0 Å². The van der Waals surface area contributed by atoms with Gasteiger partial charge >= 0.3 is 0 Å². The number of nitrogen functional groups attached to an aromatic ring is 1. The van der Waals surface area contributed by atoms with Crippen LogP contribution in [0.3, 0.4) is 0 Å². The third-order valence-electron chi connectivity index (χ3n) is 1.16. The maximum absolute atomic E-state index is 11.7. The Labute approximate surface area is 72.6 Å². The minimum Gasteiger partial charge on any atom is -0.389 e. The Hall–Kier alpha value is -0.910. The number of aromatic nitrogens is 1. The maximum Gasteiger partial charge on any atom is 0.240 e. The summed E-state index contributed by atoms with van der Waals surface area (Å²) in [6.07, 6.45) is -0.940. The van der Waals surface area contributed by atoms with Crippen LogP contribution in [0.1, 0.15) is 6.42 Å². The monoisotopic (exact) mass is 193 g/mol. The lowest BCUT2D eigenvalue weighted by atomic mass is 10.4. The highest BCUT2D eigenvalue weighted by molar-refractivity contribution is 7.19. The first-order valence-corrected chi connectivity index (χ1v) is 4.23. The Kier molecular flexibility index (Phi) is 3.21. The highest BCUT2D eigenvalue weighted by atomic mass is 32.1. The number of thiazole rings is 1. The van der Waals surface area contributed by atoms with Crippen LogP contribution in [0.2, 0.25) is 0 Å². The summed E-state index contributed by atoms with van der Waals surface area (Å²) in [6, 6.07) is 0. The van der Waals surface area contributed by atoms with Crippen molar-refractivity contribution in [2.45, 2.75) is 12.8 Å². The van der Waals surface area contributed by atoms with E-state index in [0.29, 0.717) is 10.1 Å². The van der Waals surface area contributed by atoms with Gasteiger partial charge in [0, 0.05) is 13.0 Å². The van der Waals surface area contributed by atoms with Crippen molar-refractivity contribution in [1.82, 2.24) is 4.98 Å². The van der Waals surface area contributed by atoms with Gasteiger partial charge in [0.2, 0.25) is 6.43 Å². The molecule has 0 aromatic carbocycles. The van der Waals surface area contributed by atoms with Crippen LogP contribution in [0.4, 0.5) is 18.9 Å². The van der Waals surface area contributed by atoms with Gasteiger partial charge in [0.05, 0.1) is 6.20 Å². The van der Waals surface area contributed by atoms with Crippen molar-refractivity contribution < 1.29 is 8.78 Å². The van der Waals surface area contributed by atoms with Crippen molar-refractivity contribution in [2.24, 2.45) is 0 Å². The molecule has 0 amide bonds. The molecule has 1 aromatic heterocycles. The Morgan fingerprint density at radius 1 is 1.67 bits per heavy atom. The standard InChI is InChI=1S/C6H9F2N3S/c7-4(8)1-2-10-6-11-3-5(9)12-6/h3-4H,1-2,9H2,(H,10,11). The van der Waals surface area contributed by atoms with E-state index in [4.69, 9.17) is 5.73 Å². The van der Waals surface area contributed by atoms with Crippen LogP contribution in [-0.4, -0.2) is 18.0 Å². The lowest BCUT2D eigenvalue weighted by molar-refractivity contribution is 0.142. The minimum atomic E-state index is -2.27. The smallest absolute Gasteiger partial charge is 0.240 e. The van der Waals surface area contributed by atoms with Gasteiger partial charge in [0.25, 0.3) is 0 Å². The molecular formula is C6H9F2N3S. The van der Waals surface area contributed by atoms with Crippen molar-refractivity contribution >= 4 is 21.5 Å². The number of hydrogen-bond acceptors (Lipinski definition) is 4. The van der Waals surface area contributed by atoms with Crippen LogP contribution in [0.25, 0.3) is 0 Å². The van der Waals surface area contributed by atoms with Gasteiger partial charge in [-0.2, -0.15) is 0 Å². The summed E-state index contributed by atoms with van der Waals surface area (Å²) in [5.74, 6) is 0. The third-order valence-corrected chi connectivity index (χ3v) is 1.95. The quantitative estimate of drug-likeness (QED) is 0.766. The highest BCUT2D eigenvalue weighted by Gasteiger charge is 2.02. The number of alkyl halides is 2. The van der Waals surface area contributed by atoms with Gasteiger partial charge in [-0.05, 0) is 0 Å². The van der Waals surface area contributed by atoms with Crippen molar-refractivity contribution in [2.75, 3.05) is 17.6 Å². The lowest BCUT2D eigenvalue weighted by Gasteiger charge is -1.99. The molecule has 1 rings (SSSR count). The van der Waals surface area contributed by atoms with E-state index in [1.165, 1.54) is 17.5 Å². The molecule has 0 radical (unpaired) electrons. The molecule has 0 saturated heterocycles. The average molecular weight is 193 g/mol. The van der Waals surface area contributed by atoms with E-state index in [1.54, 1.807) is 0 Å². The normalized spacial score (nSPS) is 10.6. The van der Waals surface area contributed by atoms with E-state index in [0.717, 1.165) is 0 Å². The van der Waals surface area contributed by atoms with Gasteiger partial charge in [-0.1, -0.05) is 11.3 Å². The molecule has 0 unspecified atom stereocenters. The van der Waals surface area contributed by atoms with Crippen LogP contribution >= 0.6 is 11.3 Å². The minimum absolute atomic E-state index is 0.167. The maximum atomic E-state index is 11.7. The second kappa shape index (κ2) is 4.20. The molecule has 3 N–H and O–H groups in total. The topological polar surface area (TPSA) is 50.9 Å². The number of nitrogens with zero attached hydrogens (tertiary/aromatic N) is 1. The Morgan fingerprint density at radius 2 is 2.42 bits per heavy atom. The molecule has 12 heavy (non-hydrogen) atoms. The fourth-order valence-corrected chi connectivity index (χ4v) is 1.26. The van der Waals surface area contributed by atoms with Crippen molar-refractivity contribution in [3.63, 3.8) is 0 Å². The van der Waals surface area contributed by atoms with Crippen molar-refractivity contribution in [3.05, 3.63) is 6.20 Å². The van der Waals surface area contributed by atoms with Crippen molar-refractivity contribution in [1.29, 1.82) is 0 Å². The number of anilines is 2. The molecular weight excluding hydrogens is 184 g/mol. The Balaban J connectivity index is 2.24. The van der Waals surface area contributed by atoms with E-state index in [9.17, 15) is 8.78 Å². The SMILES string of the molecule is Nc1cnc(NCCC(F)F)s1. The molecule has 0 aliphatic carbocycles. The number of nitrogens with one attached hydrogen (secondary N) is 1. The van der Waals surface area contributed by atoms with Gasteiger partial charge < -0.3 is 11.1 Å². The van der Waals surface area contributed by atoms with Crippen LogP contribution in [-0.2, 0) is 0 Å². The van der Waals surface area contributed by atoms with E-state index < -0.39 is 6.43 Å². The molecule has 0 atom stereocenters. The molecule has 0 bridgehead atoms. The molecule has 0 fully saturated rings. The summed E-state index contributed by atoms with van der Waals surface area (Å²) in [6.45, 7) is 0.227. The largest absolute Gasteiger partial charge is 0.389 e. The van der Waals surface area contributed by atoms with Gasteiger partial charge in [-0.3, -0.25) is 0 Å². The highest BCUT2D eigenvalue weighted by Crippen LogP contribution is 2.19. The van der Waals surface area contributed by atoms with Gasteiger partial charge in [-0.25, -0.2) is 13.8 Å². The van der Waals surface area contributed by atoms with Crippen LogP contribution in [0, 0.1) is 0 Å². The van der Waals surface area contributed by atoms with Gasteiger partial charge in [0.1, 0.15) is 5.00 Å². The molecule has 0 aliphatic heterocycles. The Bertz CT molecular complexity index is 238. The fraction of sp³-hybridized carbons (Fsp3) is 0.500. The fourth-order valence-electron chi connectivity index (χ4n) is 0.657. The number of rotatable bonds is 4. The zero-order chi connectivity index (χ0) is 8.97. The van der Waals surface area contributed by atoms with Crippen LogP contribution < -0.4 is 11.1 Å². The summed E-state index contributed by atoms with van der Waals surface area (Å²) < 4.78 is 23.3. The average Bonchev–Trinajstić information content (AvgIpc) is 2.35. The summed E-state index contributed by atoms with van der Waals surface area (Å²) in [7, 11) is 0. The summed E-state index contributed by atoms with van der Waals surface area (Å²) in [5, 5.41) is 3.91. The van der Waals surface area contributed by atoms with Crippen molar-refractivity contribution in [3.8, 4) is 0 Å². The zero-order valence-corrected chi connectivity index (χ0v) is 7.07. The zero-order valence-electron chi connectivity index (χ0n) is 6.26. The molecule has 1 aromatic rings. The second-order valence-corrected chi connectivity index (χ2v) is 3.24. The molecule has 0 spiro atoms. The van der Waals surface area contributed by atoms with Gasteiger partial charge in [0.15, 0.2) is 5.13 Å². The molecule has 3 nitrogen and oxygen atoms in total. The molecule has 6 heteroatoms. The molecule has 1 heterocycles. The van der Waals surface area contributed by atoms with E-state index in [1.807, 2.05) is 0 Å². The lowest BCUT2D eigenvalue weighted by Crippen LogP contribution is -2.05. The summed E-state index contributed by atoms with van der Waals surface area (Å²) in [5.41, 5.74) is 5.38. The number of hydrogen-bond donors (Lipinski definition) is 2. The first kappa shape index (κ1) is 9.18. The molecule has 68 valence electrons. The predicted octanol–water partition coefficient (Wildman–Crippen LogP) is 1.79. The third kappa shape index (κ3) is 3.00. The summed E-state index contributed by atoms with van der Waals surface area (Å²) in [4.78, 5) is 3.85. The predicted molar refractivity (Wildman–Crippen MR) is 45.6 cm³/mol. The first-order chi connectivity index (χ1) is 5.68. The molecule has 0 aliphatic rings. The number of nitrogens with two attached hydrogens (primary N) is 1.